The summed E-state index contributed by atoms with van der Waals surface area (Å²) < 4.78 is 16.0. The Kier molecular flexibility index (Phi) is 4.29. The third kappa shape index (κ3) is 3.38. The highest BCUT2D eigenvalue weighted by atomic mass is 79.9. The van der Waals surface area contributed by atoms with Crippen LogP contribution in [0.25, 0.3) is 0 Å². The Morgan fingerprint density at radius 2 is 2.36 bits per heavy atom. The second-order valence-corrected chi connectivity index (χ2v) is 6.73. The van der Waals surface area contributed by atoms with Crippen LogP contribution in [-0.4, -0.2) is 15.7 Å². The smallest absolute Gasteiger partial charge is 0.246 e. The van der Waals surface area contributed by atoms with E-state index in [0.717, 1.165) is 25.0 Å². The fraction of sp³-hybridized carbons (Fsp3) is 0.375. The van der Waals surface area contributed by atoms with Crippen LogP contribution < -0.4 is 5.32 Å². The summed E-state index contributed by atoms with van der Waals surface area (Å²) in [6.07, 6.45) is 5.05. The van der Waals surface area contributed by atoms with Crippen molar-refractivity contribution in [3.8, 4) is 0 Å². The van der Waals surface area contributed by atoms with Crippen LogP contribution in [0.15, 0.2) is 28.9 Å². The Labute approximate surface area is 136 Å². The van der Waals surface area contributed by atoms with Crippen molar-refractivity contribution in [3.63, 3.8) is 0 Å². The van der Waals surface area contributed by atoms with Crippen LogP contribution in [-0.2, 0) is 24.2 Å². The Morgan fingerprint density at radius 3 is 3.14 bits per heavy atom. The van der Waals surface area contributed by atoms with Gasteiger partial charge in [-0.15, -0.1) is 0 Å². The average Bonchev–Trinajstić information content (AvgIpc) is 2.83. The number of hydrogen-bond acceptors (Lipinski definition) is 2. The van der Waals surface area contributed by atoms with E-state index in [2.05, 4.69) is 33.3 Å². The zero-order chi connectivity index (χ0) is 15.7. The lowest BCUT2D eigenvalue weighted by Gasteiger charge is -2.15. The molecule has 1 aromatic heterocycles. The molecular weight excluding hydrogens is 349 g/mol. The lowest BCUT2D eigenvalue weighted by atomic mass is 9.89. The first-order valence-electron chi connectivity index (χ1n) is 7.31. The van der Waals surface area contributed by atoms with Crippen LogP contribution in [0.2, 0.25) is 0 Å². The minimum Gasteiger partial charge on any atom is -0.322 e. The fourth-order valence-corrected chi connectivity index (χ4v) is 3.09. The standard InChI is InChI=1S/C16H17BrFN3O/c1-10-2-4-14-11(6-10)8-21(20-14)9-16(22)19-15-5-3-12(17)7-13(15)18/h3,5,7-8,10H,2,4,6,9H2,1H3,(H,19,22)/t10-/m0/s1. The van der Waals surface area contributed by atoms with Gasteiger partial charge in [0, 0.05) is 10.7 Å². The molecule has 0 fully saturated rings. The lowest BCUT2D eigenvalue weighted by Crippen LogP contribution is -2.19. The number of nitrogens with zero attached hydrogens (tertiary/aromatic N) is 2. The summed E-state index contributed by atoms with van der Waals surface area (Å²) in [6, 6.07) is 4.55. The van der Waals surface area contributed by atoms with E-state index < -0.39 is 5.82 Å². The van der Waals surface area contributed by atoms with Gasteiger partial charge in [0.1, 0.15) is 12.4 Å². The molecule has 1 aromatic carbocycles. The van der Waals surface area contributed by atoms with Crippen molar-refractivity contribution in [2.24, 2.45) is 5.92 Å². The predicted octanol–water partition coefficient (Wildman–Crippen LogP) is 3.55. The van der Waals surface area contributed by atoms with Crippen molar-refractivity contribution < 1.29 is 9.18 Å². The second kappa shape index (κ2) is 6.20. The molecule has 4 nitrogen and oxygen atoms in total. The number of nitrogens with one attached hydrogen (secondary N) is 1. The number of hydrogen-bond donors (Lipinski definition) is 1. The molecule has 1 amide bonds. The van der Waals surface area contributed by atoms with Gasteiger partial charge in [-0.3, -0.25) is 9.48 Å². The summed E-state index contributed by atoms with van der Waals surface area (Å²) in [7, 11) is 0. The zero-order valence-electron chi connectivity index (χ0n) is 12.3. The number of halogens is 2. The highest BCUT2D eigenvalue weighted by molar-refractivity contribution is 9.10. The molecule has 22 heavy (non-hydrogen) atoms. The van der Waals surface area contributed by atoms with Gasteiger partial charge in [-0.2, -0.15) is 5.10 Å². The normalized spacial score (nSPS) is 17.1. The number of carbonyl (C=O) groups excluding carboxylic acids is 1. The minimum absolute atomic E-state index is 0.0941. The summed E-state index contributed by atoms with van der Waals surface area (Å²) in [5, 5.41) is 7.04. The van der Waals surface area contributed by atoms with Gasteiger partial charge in [-0.05, 0) is 48.9 Å². The quantitative estimate of drug-likeness (QED) is 0.903. The van der Waals surface area contributed by atoms with E-state index in [9.17, 15) is 9.18 Å². The molecule has 1 atom stereocenters. The van der Waals surface area contributed by atoms with Gasteiger partial charge in [0.05, 0.1) is 11.4 Å². The third-order valence-corrected chi connectivity index (χ3v) is 4.37. The molecule has 0 saturated heterocycles. The first-order chi connectivity index (χ1) is 10.5. The van der Waals surface area contributed by atoms with Crippen LogP contribution in [0.3, 0.4) is 0 Å². The maximum atomic E-state index is 13.7. The van der Waals surface area contributed by atoms with Crippen molar-refractivity contribution >= 4 is 27.5 Å². The van der Waals surface area contributed by atoms with Crippen LogP contribution in [0.5, 0.6) is 0 Å². The Balaban J connectivity index is 1.67. The highest BCUT2D eigenvalue weighted by Crippen LogP contribution is 2.24. The van der Waals surface area contributed by atoms with Gasteiger partial charge in [0.15, 0.2) is 0 Å². The van der Waals surface area contributed by atoms with E-state index in [1.807, 2.05) is 6.20 Å². The maximum absolute atomic E-state index is 13.7. The number of rotatable bonds is 3. The second-order valence-electron chi connectivity index (χ2n) is 5.82. The topological polar surface area (TPSA) is 46.9 Å². The third-order valence-electron chi connectivity index (χ3n) is 3.88. The number of fused-ring (bicyclic) bond motifs is 1. The molecule has 0 spiro atoms. The maximum Gasteiger partial charge on any atom is 0.246 e. The summed E-state index contributed by atoms with van der Waals surface area (Å²) in [4.78, 5) is 12.0. The largest absolute Gasteiger partial charge is 0.322 e. The lowest BCUT2D eigenvalue weighted by molar-refractivity contribution is -0.116. The van der Waals surface area contributed by atoms with E-state index in [0.29, 0.717) is 10.4 Å². The van der Waals surface area contributed by atoms with Crippen molar-refractivity contribution in [1.82, 2.24) is 9.78 Å². The molecule has 3 rings (SSSR count). The Bertz CT molecular complexity index is 713. The van der Waals surface area contributed by atoms with E-state index in [-0.39, 0.29) is 18.1 Å². The highest BCUT2D eigenvalue weighted by Gasteiger charge is 2.19. The van der Waals surface area contributed by atoms with Crippen molar-refractivity contribution in [2.75, 3.05) is 5.32 Å². The Morgan fingerprint density at radius 1 is 1.55 bits per heavy atom. The Hall–Kier alpha value is -1.69. The molecule has 1 aliphatic carbocycles. The van der Waals surface area contributed by atoms with Crippen LogP contribution in [0.4, 0.5) is 10.1 Å². The molecule has 2 aromatic rings. The number of benzene rings is 1. The minimum atomic E-state index is -0.462. The molecule has 116 valence electrons. The van der Waals surface area contributed by atoms with Crippen molar-refractivity contribution in [3.05, 3.63) is 45.9 Å². The number of anilines is 1. The SMILES string of the molecule is C[C@H]1CCc2nn(CC(=O)Nc3ccc(Br)cc3F)cc2C1. The average molecular weight is 366 g/mol. The summed E-state index contributed by atoms with van der Waals surface area (Å²) >= 11 is 3.19. The van der Waals surface area contributed by atoms with Gasteiger partial charge >= 0.3 is 0 Å². The molecule has 1 N–H and O–H groups in total. The molecule has 1 aliphatic rings. The molecule has 0 unspecified atom stereocenters. The molecule has 0 saturated carbocycles. The van der Waals surface area contributed by atoms with Crippen molar-refractivity contribution in [1.29, 1.82) is 0 Å². The first kappa shape index (κ1) is 15.2. The van der Waals surface area contributed by atoms with Gasteiger partial charge < -0.3 is 5.32 Å². The fourth-order valence-electron chi connectivity index (χ4n) is 2.75. The van der Waals surface area contributed by atoms with Crippen LogP contribution >= 0.6 is 15.9 Å². The van der Waals surface area contributed by atoms with Gasteiger partial charge in [0.25, 0.3) is 0 Å². The monoisotopic (exact) mass is 365 g/mol. The van der Waals surface area contributed by atoms with E-state index >= 15 is 0 Å². The number of amides is 1. The predicted molar refractivity (Wildman–Crippen MR) is 86.1 cm³/mol. The van der Waals surface area contributed by atoms with E-state index in [1.54, 1.807) is 10.7 Å². The van der Waals surface area contributed by atoms with E-state index in [1.165, 1.54) is 17.7 Å². The zero-order valence-corrected chi connectivity index (χ0v) is 13.9. The first-order valence-corrected chi connectivity index (χ1v) is 8.10. The molecule has 0 bridgehead atoms. The summed E-state index contributed by atoms with van der Waals surface area (Å²) in [6.45, 7) is 2.32. The number of carbonyl (C=O) groups is 1. The molecule has 0 aliphatic heterocycles. The van der Waals surface area contributed by atoms with Gasteiger partial charge in [0.2, 0.25) is 5.91 Å². The molecule has 6 heteroatoms. The van der Waals surface area contributed by atoms with Crippen LogP contribution in [0, 0.1) is 11.7 Å². The molecule has 0 radical (unpaired) electrons. The summed E-state index contributed by atoms with van der Waals surface area (Å²) in [5.74, 6) is -0.0822. The number of aromatic nitrogens is 2. The van der Waals surface area contributed by atoms with E-state index in [4.69, 9.17) is 0 Å². The summed E-state index contributed by atoms with van der Waals surface area (Å²) in [5.41, 5.74) is 2.49. The van der Waals surface area contributed by atoms with Crippen molar-refractivity contribution in [2.45, 2.75) is 32.7 Å². The van der Waals surface area contributed by atoms with Crippen LogP contribution in [0.1, 0.15) is 24.6 Å². The molecule has 1 heterocycles. The molecular formula is C16H17BrFN3O. The van der Waals surface area contributed by atoms with Gasteiger partial charge in [-0.1, -0.05) is 22.9 Å². The number of aryl methyl sites for hydroxylation is 1. The van der Waals surface area contributed by atoms with Gasteiger partial charge in [-0.25, -0.2) is 4.39 Å².